The highest BCUT2D eigenvalue weighted by molar-refractivity contribution is 7.90. The molecule has 2 unspecified atom stereocenters. The van der Waals surface area contributed by atoms with E-state index in [0.29, 0.717) is 25.7 Å². The molecular weight excluding hydrogens is 371 g/mol. The van der Waals surface area contributed by atoms with Gasteiger partial charge in [-0.1, -0.05) is 11.6 Å². The van der Waals surface area contributed by atoms with Gasteiger partial charge in [-0.3, -0.25) is 0 Å². The highest BCUT2D eigenvalue weighted by Crippen LogP contribution is 2.64. The maximum absolute atomic E-state index is 14.7. The Hall–Kier alpha value is -0.430. The van der Waals surface area contributed by atoms with Crippen molar-refractivity contribution in [1.82, 2.24) is 4.72 Å². The lowest BCUT2D eigenvalue weighted by atomic mass is 9.74. The summed E-state index contributed by atoms with van der Waals surface area (Å²) in [5.74, 6) is -1.61. The highest BCUT2D eigenvalue weighted by Gasteiger charge is 2.60. The minimum atomic E-state index is -1.56. The smallest absolute Gasteiger partial charge is 0.149 e. The fourth-order valence-electron chi connectivity index (χ4n) is 4.15. The average molecular weight is 394 g/mol. The second-order valence-electron chi connectivity index (χ2n) is 8.38. The second-order valence-corrected chi connectivity index (χ2v) is 10.8. The first-order valence-electron chi connectivity index (χ1n) is 8.48. The highest BCUT2D eigenvalue weighted by atomic mass is 35.5. The molecule has 7 heteroatoms. The Morgan fingerprint density at radius 1 is 1.20 bits per heavy atom. The fourth-order valence-corrected chi connectivity index (χ4v) is 5.25. The monoisotopic (exact) mass is 393 g/mol. The maximum atomic E-state index is 14.7. The summed E-state index contributed by atoms with van der Waals surface area (Å²) in [5.41, 5.74) is -2.16. The van der Waals surface area contributed by atoms with Crippen LogP contribution in [0.3, 0.4) is 0 Å². The number of nitrogens with one attached hydrogen (secondary N) is 1. The van der Waals surface area contributed by atoms with Gasteiger partial charge < -0.3 is 4.55 Å². The molecule has 2 fully saturated rings. The molecule has 2 aliphatic rings. The van der Waals surface area contributed by atoms with E-state index in [2.05, 4.69) is 4.72 Å². The Balaban J connectivity index is 2.07. The van der Waals surface area contributed by atoms with Crippen LogP contribution in [0, 0.1) is 17.0 Å². The molecule has 0 spiro atoms. The molecule has 2 saturated carbocycles. The molecule has 2 bridgehead atoms. The summed E-state index contributed by atoms with van der Waals surface area (Å²) in [4.78, 5) is 0. The SMILES string of the molecule is CC(C)(C)[S+]([O-])NC(c1c(F)ccc(Cl)c1F)C12CCC(F)(CC1)C2. The predicted molar refractivity (Wildman–Crippen MR) is 94.5 cm³/mol. The van der Waals surface area contributed by atoms with Crippen molar-refractivity contribution < 1.29 is 17.7 Å². The molecule has 2 atom stereocenters. The number of halogens is 4. The zero-order valence-corrected chi connectivity index (χ0v) is 16.2. The Labute approximate surface area is 154 Å². The molecule has 0 radical (unpaired) electrons. The third-order valence-electron chi connectivity index (χ3n) is 5.57. The predicted octanol–water partition coefficient (Wildman–Crippen LogP) is 5.38. The number of hydrogen-bond donors (Lipinski definition) is 1. The molecule has 0 aliphatic heterocycles. The van der Waals surface area contributed by atoms with Gasteiger partial charge in [0, 0.05) is 16.9 Å². The molecular formula is C18H23ClF3NOS. The molecule has 0 amide bonds. The summed E-state index contributed by atoms with van der Waals surface area (Å²) in [6.45, 7) is 5.33. The van der Waals surface area contributed by atoms with E-state index in [4.69, 9.17) is 11.6 Å². The molecule has 2 nitrogen and oxygen atoms in total. The molecule has 0 heterocycles. The summed E-state index contributed by atoms with van der Waals surface area (Å²) in [7, 11) is 0. The van der Waals surface area contributed by atoms with Gasteiger partial charge in [-0.2, -0.15) is 0 Å². The van der Waals surface area contributed by atoms with E-state index >= 15 is 0 Å². The van der Waals surface area contributed by atoms with Gasteiger partial charge >= 0.3 is 0 Å². The molecule has 25 heavy (non-hydrogen) atoms. The van der Waals surface area contributed by atoms with Crippen molar-refractivity contribution in [3.63, 3.8) is 0 Å². The van der Waals surface area contributed by atoms with E-state index in [1.807, 2.05) is 0 Å². The molecule has 3 rings (SSSR count). The Morgan fingerprint density at radius 2 is 1.80 bits per heavy atom. The van der Waals surface area contributed by atoms with Gasteiger partial charge in [0.1, 0.15) is 22.1 Å². The van der Waals surface area contributed by atoms with Gasteiger partial charge in [0.15, 0.2) is 0 Å². The van der Waals surface area contributed by atoms with Crippen molar-refractivity contribution in [3.05, 3.63) is 34.4 Å². The first kappa shape index (κ1) is 19.3. The topological polar surface area (TPSA) is 35.1 Å². The van der Waals surface area contributed by atoms with Crippen LogP contribution in [0.2, 0.25) is 5.02 Å². The third kappa shape index (κ3) is 3.43. The molecule has 2 aliphatic carbocycles. The number of alkyl halides is 1. The largest absolute Gasteiger partial charge is 0.598 e. The van der Waals surface area contributed by atoms with Crippen molar-refractivity contribution in [1.29, 1.82) is 0 Å². The minimum absolute atomic E-state index is 0.191. The molecule has 1 N–H and O–H groups in total. The normalized spacial score (nSPS) is 31.4. The average Bonchev–Trinajstić information content (AvgIpc) is 3.04. The van der Waals surface area contributed by atoms with Crippen LogP contribution in [0.1, 0.15) is 64.5 Å². The first-order valence-corrected chi connectivity index (χ1v) is 10.0. The van der Waals surface area contributed by atoms with Crippen LogP contribution in [0.15, 0.2) is 12.1 Å². The van der Waals surface area contributed by atoms with Crippen molar-refractivity contribution in [2.45, 2.75) is 69.3 Å². The van der Waals surface area contributed by atoms with Crippen LogP contribution in [0.25, 0.3) is 0 Å². The number of fused-ring (bicyclic) bond motifs is 2. The minimum Gasteiger partial charge on any atom is -0.598 e. The second kappa shape index (κ2) is 6.32. The van der Waals surface area contributed by atoms with E-state index in [0.717, 1.165) is 12.1 Å². The zero-order chi connectivity index (χ0) is 18.6. The summed E-state index contributed by atoms with van der Waals surface area (Å²) in [6, 6.07) is 1.39. The van der Waals surface area contributed by atoms with E-state index in [-0.39, 0.29) is 17.0 Å². The van der Waals surface area contributed by atoms with Gasteiger partial charge in [0.2, 0.25) is 0 Å². The van der Waals surface area contributed by atoms with Gasteiger partial charge in [0.05, 0.1) is 11.1 Å². The van der Waals surface area contributed by atoms with Gasteiger partial charge in [0.25, 0.3) is 0 Å². The molecule has 0 saturated heterocycles. The fraction of sp³-hybridized carbons (Fsp3) is 0.667. The van der Waals surface area contributed by atoms with E-state index in [1.54, 1.807) is 20.8 Å². The Bertz CT molecular complexity index is 671. The summed E-state index contributed by atoms with van der Waals surface area (Å²) < 4.78 is 59.0. The lowest BCUT2D eigenvalue weighted by molar-refractivity contribution is 0.175. The maximum Gasteiger partial charge on any atom is 0.149 e. The van der Waals surface area contributed by atoms with Crippen molar-refractivity contribution in [3.8, 4) is 0 Å². The van der Waals surface area contributed by atoms with Gasteiger partial charge in [-0.05, 0) is 70.4 Å². The molecule has 0 aromatic heterocycles. The van der Waals surface area contributed by atoms with E-state index in [9.17, 15) is 17.7 Å². The van der Waals surface area contributed by atoms with E-state index in [1.165, 1.54) is 0 Å². The molecule has 1 aromatic carbocycles. The van der Waals surface area contributed by atoms with Crippen LogP contribution in [-0.2, 0) is 11.4 Å². The molecule has 1 aromatic rings. The van der Waals surface area contributed by atoms with Crippen molar-refractivity contribution in [2.24, 2.45) is 5.41 Å². The molecule has 140 valence electrons. The summed E-state index contributed by atoms with van der Waals surface area (Å²) in [5, 5.41) is -0.191. The Kier molecular flexibility index (Phi) is 4.89. The van der Waals surface area contributed by atoms with Crippen LogP contribution < -0.4 is 4.72 Å². The number of rotatable bonds is 4. The summed E-state index contributed by atoms with van der Waals surface area (Å²) >= 11 is 4.31. The van der Waals surface area contributed by atoms with Gasteiger partial charge in [-0.15, -0.1) is 4.72 Å². The Morgan fingerprint density at radius 3 is 2.28 bits per heavy atom. The first-order chi connectivity index (χ1) is 11.5. The lowest BCUT2D eigenvalue weighted by Crippen LogP contribution is -2.46. The quantitative estimate of drug-likeness (QED) is 0.550. The van der Waals surface area contributed by atoms with Crippen LogP contribution in [0.5, 0.6) is 0 Å². The van der Waals surface area contributed by atoms with Crippen LogP contribution in [-0.4, -0.2) is 15.0 Å². The van der Waals surface area contributed by atoms with Crippen LogP contribution in [0.4, 0.5) is 13.2 Å². The lowest BCUT2D eigenvalue weighted by Gasteiger charge is -2.38. The summed E-state index contributed by atoms with van der Waals surface area (Å²) in [6.07, 6.45) is 1.99. The number of benzene rings is 1. The van der Waals surface area contributed by atoms with E-state index < -0.39 is 44.9 Å². The standard InChI is InChI=1S/C18H23ClF3NOS/c1-16(2,3)25(24)23-15(13-12(20)5-4-11(19)14(13)21)17-6-8-18(22,10-17)9-7-17/h4-5,15,23H,6-10H2,1-3H3. The van der Waals surface area contributed by atoms with Crippen molar-refractivity contribution >= 4 is 23.0 Å². The van der Waals surface area contributed by atoms with Crippen molar-refractivity contribution in [2.75, 3.05) is 0 Å². The van der Waals surface area contributed by atoms with Gasteiger partial charge in [-0.25, -0.2) is 13.2 Å². The van der Waals surface area contributed by atoms with Crippen LogP contribution >= 0.6 is 11.6 Å². The number of hydrogen-bond acceptors (Lipinski definition) is 2. The zero-order valence-electron chi connectivity index (χ0n) is 14.6. The third-order valence-corrected chi connectivity index (χ3v) is 7.43.